The molecule has 2 aliphatic heterocycles. The van der Waals surface area contributed by atoms with Crippen molar-refractivity contribution in [2.24, 2.45) is 10.8 Å². The molecule has 6 nitrogen and oxygen atoms in total. The molecule has 0 atom stereocenters. The molecule has 0 aliphatic carbocycles. The van der Waals surface area contributed by atoms with Gasteiger partial charge in [-0.05, 0) is 67.5 Å². The van der Waals surface area contributed by atoms with E-state index in [4.69, 9.17) is 0 Å². The highest BCUT2D eigenvalue weighted by atomic mass is 16.2. The number of nitrogens with zero attached hydrogens (tertiary/aromatic N) is 2. The summed E-state index contributed by atoms with van der Waals surface area (Å²) in [5.41, 5.74) is 1.64. The maximum absolute atomic E-state index is 12.9. The Hall–Kier alpha value is -3.28. The zero-order valence-corrected chi connectivity index (χ0v) is 22.5. The minimum absolute atomic E-state index is 0.0892. The van der Waals surface area contributed by atoms with Crippen LogP contribution in [0.2, 0.25) is 0 Å². The van der Waals surface area contributed by atoms with Crippen LogP contribution in [0.5, 0.6) is 0 Å². The van der Waals surface area contributed by atoms with Gasteiger partial charge in [-0.25, -0.2) is 9.80 Å². The van der Waals surface area contributed by atoms with E-state index in [0.29, 0.717) is 43.5 Å². The topological polar surface area (TPSA) is 74.8 Å². The van der Waals surface area contributed by atoms with Crippen LogP contribution in [0.25, 0.3) is 0 Å². The first-order valence-corrected chi connectivity index (χ1v) is 13.8. The van der Waals surface area contributed by atoms with Gasteiger partial charge in [0, 0.05) is 0 Å². The molecular weight excluding hydrogens is 464 g/mol. The lowest BCUT2D eigenvalue weighted by atomic mass is 9.71. The molecule has 2 saturated heterocycles. The van der Waals surface area contributed by atoms with E-state index < -0.39 is 10.8 Å². The Morgan fingerprint density at radius 2 is 0.865 bits per heavy atom. The Balaban J connectivity index is 1.40. The van der Waals surface area contributed by atoms with Crippen molar-refractivity contribution in [3.8, 4) is 0 Å². The van der Waals surface area contributed by atoms with Gasteiger partial charge in [-0.3, -0.25) is 19.2 Å². The number of unbranched alkanes of at least 4 members (excludes halogenated alkanes) is 2. The minimum Gasteiger partial charge on any atom is -0.273 e. The molecule has 0 saturated carbocycles. The van der Waals surface area contributed by atoms with Crippen LogP contribution in [-0.4, -0.2) is 23.6 Å². The molecule has 0 N–H and O–H groups in total. The van der Waals surface area contributed by atoms with Gasteiger partial charge >= 0.3 is 0 Å². The summed E-state index contributed by atoms with van der Waals surface area (Å²) in [6.07, 6.45) is 6.65. The minimum atomic E-state index is -0.845. The first kappa shape index (κ1) is 26.8. The Bertz CT molecular complexity index is 1060. The summed E-state index contributed by atoms with van der Waals surface area (Å²) in [6, 6.07) is 15.1. The van der Waals surface area contributed by atoms with Crippen molar-refractivity contribution >= 4 is 35.0 Å². The van der Waals surface area contributed by atoms with Crippen molar-refractivity contribution in [3.05, 3.63) is 59.7 Å². The van der Waals surface area contributed by atoms with Crippen LogP contribution in [0.3, 0.4) is 0 Å². The van der Waals surface area contributed by atoms with Crippen molar-refractivity contribution in [1.82, 2.24) is 0 Å². The molecule has 2 fully saturated rings. The number of carbonyl (C=O) groups excluding carboxylic acids is 4. The quantitative estimate of drug-likeness (QED) is 0.256. The van der Waals surface area contributed by atoms with E-state index in [1.54, 1.807) is 0 Å². The smallest absolute Gasteiger partial charge is 0.249 e. The molecule has 37 heavy (non-hydrogen) atoms. The van der Waals surface area contributed by atoms with E-state index >= 15 is 0 Å². The standard InChI is InChI=1S/C31H38N2O4/c1-5-9-19-30(7-3)26(34)32(27(30)35)24-15-11-22(12-16-24)21-23-13-17-25(18-14-23)33-28(36)31(8-4,29(33)37)20-10-6-2/h11-18H,5-10,19-21H2,1-4H3. The predicted octanol–water partition coefficient (Wildman–Crippen LogP) is 6.20. The van der Waals surface area contributed by atoms with Gasteiger partial charge in [0.2, 0.25) is 23.6 Å². The fraction of sp³-hybridized carbons (Fsp3) is 0.484. The van der Waals surface area contributed by atoms with Crippen molar-refractivity contribution in [1.29, 1.82) is 0 Å². The highest BCUT2D eigenvalue weighted by Gasteiger charge is 2.60. The molecule has 2 heterocycles. The second-order valence-corrected chi connectivity index (χ2v) is 10.5. The Morgan fingerprint density at radius 3 is 1.14 bits per heavy atom. The van der Waals surface area contributed by atoms with Crippen LogP contribution in [0.4, 0.5) is 11.4 Å². The summed E-state index contributed by atoms with van der Waals surface area (Å²) in [5, 5.41) is 0. The largest absolute Gasteiger partial charge is 0.273 e. The number of amides is 4. The van der Waals surface area contributed by atoms with Gasteiger partial charge < -0.3 is 0 Å². The second-order valence-electron chi connectivity index (χ2n) is 10.5. The van der Waals surface area contributed by atoms with E-state index in [-0.39, 0.29) is 23.6 Å². The predicted molar refractivity (Wildman–Crippen MR) is 145 cm³/mol. The zero-order valence-electron chi connectivity index (χ0n) is 22.5. The number of rotatable bonds is 12. The molecule has 0 aromatic heterocycles. The summed E-state index contributed by atoms with van der Waals surface area (Å²) in [4.78, 5) is 54.4. The maximum atomic E-state index is 12.9. The zero-order chi connectivity index (χ0) is 26.8. The summed E-state index contributed by atoms with van der Waals surface area (Å²) in [6.45, 7) is 7.96. The third-order valence-corrected chi connectivity index (χ3v) is 8.37. The van der Waals surface area contributed by atoms with E-state index in [1.165, 1.54) is 9.80 Å². The molecule has 4 amide bonds. The molecule has 6 heteroatoms. The second kappa shape index (κ2) is 10.6. The fourth-order valence-corrected chi connectivity index (χ4v) is 5.69. The molecule has 0 spiro atoms. The number of hydrogen-bond donors (Lipinski definition) is 0. The van der Waals surface area contributed by atoms with Crippen molar-refractivity contribution in [2.75, 3.05) is 9.80 Å². The third-order valence-electron chi connectivity index (χ3n) is 8.37. The van der Waals surface area contributed by atoms with Crippen LogP contribution in [0.15, 0.2) is 48.5 Å². The lowest BCUT2D eigenvalue weighted by Gasteiger charge is -2.46. The van der Waals surface area contributed by atoms with E-state index in [9.17, 15) is 19.2 Å². The number of carbonyl (C=O) groups is 4. The number of hydrogen-bond acceptors (Lipinski definition) is 4. The Labute approximate surface area is 220 Å². The summed E-state index contributed by atoms with van der Waals surface area (Å²) < 4.78 is 0. The summed E-state index contributed by atoms with van der Waals surface area (Å²) in [7, 11) is 0. The first-order valence-electron chi connectivity index (χ1n) is 13.8. The Kier molecular flexibility index (Phi) is 7.67. The van der Waals surface area contributed by atoms with Crippen LogP contribution < -0.4 is 9.80 Å². The average molecular weight is 503 g/mol. The average Bonchev–Trinajstić information content (AvgIpc) is 2.92. The fourth-order valence-electron chi connectivity index (χ4n) is 5.69. The molecule has 4 rings (SSSR count). The molecule has 0 unspecified atom stereocenters. The highest BCUT2D eigenvalue weighted by molar-refractivity contribution is 6.36. The Morgan fingerprint density at radius 1 is 0.541 bits per heavy atom. The maximum Gasteiger partial charge on any atom is 0.249 e. The normalized spacial score (nSPS) is 18.2. The molecule has 0 radical (unpaired) electrons. The van der Waals surface area contributed by atoms with Gasteiger partial charge in [-0.15, -0.1) is 0 Å². The number of benzene rings is 2. The van der Waals surface area contributed by atoms with Crippen molar-refractivity contribution in [3.63, 3.8) is 0 Å². The van der Waals surface area contributed by atoms with Crippen LogP contribution >= 0.6 is 0 Å². The van der Waals surface area contributed by atoms with Gasteiger partial charge in [-0.2, -0.15) is 0 Å². The van der Waals surface area contributed by atoms with E-state index in [0.717, 1.165) is 36.8 Å². The van der Waals surface area contributed by atoms with Gasteiger partial charge in [0.05, 0.1) is 11.4 Å². The molecule has 2 aromatic rings. The highest BCUT2D eigenvalue weighted by Crippen LogP contribution is 2.45. The third kappa shape index (κ3) is 4.30. The van der Waals surface area contributed by atoms with Gasteiger partial charge in [-0.1, -0.05) is 77.6 Å². The molecule has 196 valence electrons. The lowest BCUT2D eigenvalue weighted by Crippen LogP contribution is -2.66. The van der Waals surface area contributed by atoms with Crippen LogP contribution in [0, 0.1) is 10.8 Å². The molecular formula is C31H38N2O4. The lowest BCUT2D eigenvalue weighted by molar-refractivity contribution is -0.155. The number of anilines is 2. The van der Waals surface area contributed by atoms with Gasteiger partial charge in [0.1, 0.15) is 10.8 Å². The first-order chi connectivity index (χ1) is 17.8. The van der Waals surface area contributed by atoms with Crippen molar-refractivity contribution < 1.29 is 19.2 Å². The SMILES string of the molecule is CCCCC1(CC)C(=O)N(c2ccc(Cc3ccc(N4C(=O)C(CC)(CCCC)C4=O)cc3)cc2)C1=O. The number of imide groups is 2. The van der Waals surface area contributed by atoms with Gasteiger partial charge in [0.25, 0.3) is 0 Å². The van der Waals surface area contributed by atoms with E-state index in [2.05, 4.69) is 13.8 Å². The van der Waals surface area contributed by atoms with Crippen LogP contribution in [0.1, 0.15) is 90.2 Å². The molecule has 2 aromatic carbocycles. The van der Waals surface area contributed by atoms with Crippen LogP contribution in [-0.2, 0) is 25.6 Å². The summed E-state index contributed by atoms with van der Waals surface area (Å²) >= 11 is 0. The monoisotopic (exact) mass is 502 g/mol. The molecule has 2 aliphatic rings. The number of β-lactam (4-membered cyclic amide) rings is 4. The van der Waals surface area contributed by atoms with Crippen molar-refractivity contribution in [2.45, 2.75) is 85.5 Å². The summed E-state index contributed by atoms with van der Waals surface area (Å²) in [5.74, 6) is -0.357. The van der Waals surface area contributed by atoms with Gasteiger partial charge in [0.15, 0.2) is 0 Å². The molecule has 0 bridgehead atoms. The van der Waals surface area contributed by atoms with E-state index in [1.807, 2.05) is 62.4 Å².